The van der Waals surface area contributed by atoms with E-state index in [2.05, 4.69) is 40.5 Å². The van der Waals surface area contributed by atoms with E-state index in [1.54, 1.807) is 0 Å². The minimum atomic E-state index is 0. The van der Waals surface area contributed by atoms with Gasteiger partial charge in [-0.05, 0) is 43.5 Å². The second-order valence-corrected chi connectivity index (χ2v) is 6.78. The first-order valence-electron chi connectivity index (χ1n) is 6.97. The summed E-state index contributed by atoms with van der Waals surface area (Å²) >= 11 is 1.98. The van der Waals surface area contributed by atoms with Gasteiger partial charge >= 0.3 is 0 Å². The summed E-state index contributed by atoms with van der Waals surface area (Å²) in [4.78, 5) is 4.05. The molecule has 0 aromatic heterocycles. The average Bonchev–Trinajstić information content (AvgIpc) is 3.02. The maximum absolute atomic E-state index is 3.53. The molecule has 1 spiro atoms. The van der Waals surface area contributed by atoms with Crippen molar-refractivity contribution in [1.82, 2.24) is 10.2 Å². The standard InChI is InChI=1S/C15H22N2S.ClH/c1-2-4-14(5-3-1)18-11-10-17-9-7-15(13-17)6-8-16-12-15;/h1-5,16H,6-13H2;1H. The van der Waals surface area contributed by atoms with E-state index in [4.69, 9.17) is 0 Å². The van der Waals surface area contributed by atoms with Gasteiger partial charge in [-0.3, -0.25) is 0 Å². The SMILES string of the molecule is Cl.c1ccc(SCCN2CCC3(CCNC3)C2)cc1. The first kappa shape index (κ1) is 15.2. The summed E-state index contributed by atoms with van der Waals surface area (Å²) in [6.07, 6.45) is 2.78. The predicted octanol–water partition coefficient (Wildman–Crippen LogP) is 2.89. The molecule has 2 aliphatic heterocycles. The molecule has 2 nitrogen and oxygen atoms in total. The molecule has 0 aliphatic carbocycles. The molecule has 3 rings (SSSR count). The Morgan fingerprint density at radius 1 is 1.21 bits per heavy atom. The zero-order chi connectivity index (χ0) is 12.3. The van der Waals surface area contributed by atoms with Crippen LogP contribution in [0.1, 0.15) is 12.8 Å². The van der Waals surface area contributed by atoms with E-state index in [0.717, 1.165) is 0 Å². The third-order valence-corrected chi connectivity index (χ3v) is 5.26. The van der Waals surface area contributed by atoms with E-state index in [9.17, 15) is 0 Å². The van der Waals surface area contributed by atoms with Crippen LogP contribution in [0.3, 0.4) is 0 Å². The molecule has 0 saturated carbocycles. The van der Waals surface area contributed by atoms with E-state index in [0.29, 0.717) is 5.41 Å². The van der Waals surface area contributed by atoms with Crippen LogP contribution in [0.5, 0.6) is 0 Å². The maximum Gasteiger partial charge on any atom is 0.0108 e. The molecule has 0 amide bonds. The molecule has 2 saturated heterocycles. The lowest BCUT2D eigenvalue weighted by molar-refractivity contribution is 0.285. The van der Waals surface area contributed by atoms with Crippen molar-refractivity contribution >= 4 is 24.2 Å². The van der Waals surface area contributed by atoms with Gasteiger partial charge in [0, 0.05) is 30.3 Å². The number of halogens is 1. The highest BCUT2D eigenvalue weighted by Gasteiger charge is 2.39. The molecule has 2 aliphatic rings. The molecule has 0 bridgehead atoms. The van der Waals surface area contributed by atoms with Crippen molar-refractivity contribution in [3.63, 3.8) is 0 Å². The molecule has 106 valence electrons. The number of nitrogens with zero attached hydrogens (tertiary/aromatic N) is 1. The number of hydrogen-bond acceptors (Lipinski definition) is 3. The topological polar surface area (TPSA) is 15.3 Å². The Hall–Kier alpha value is -0.220. The Labute approximate surface area is 126 Å². The fourth-order valence-electron chi connectivity index (χ4n) is 3.17. The minimum Gasteiger partial charge on any atom is -0.316 e. The first-order valence-corrected chi connectivity index (χ1v) is 7.96. The second kappa shape index (κ2) is 6.98. The van der Waals surface area contributed by atoms with E-state index in [1.807, 2.05) is 11.8 Å². The lowest BCUT2D eigenvalue weighted by Crippen LogP contribution is -2.30. The molecule has 1 atom stereocenters. The van der Waals surface area contributed by atoms with Gasteiger partial charge < -0.3 is 10.2 Å². The highest BCUT2D eigenvalue weighted by molar-refractivity contribution is 7.99. The smallest absolute Gasteiger partial charge is 0.0108 e. The summed E-state index contributed by atoms with van der Waals surface area (Å²) in [6, 6.07) is 10.7. The Kier molecular flexibility index (Phi) is 5.58. The largest absolute Gasteiger partial charge is 0.316 e. The second-order valence-electron chi connectivity index (χ2n) is 5.61. The summed E-state index contributed by atoms with van der Waals surface area (Å²) < 4.78 is 0. The van der Waals surface area contributed by atoms with Crippen molar-refractivity contribution in [1.29, 1.82) is 0 Å². The zero-order valence-corrected chi connectivity index (χ0v) is 12.9. The van der Waals surface area contributed by atoms with Crippen LogP contribution in [-0.2, 0) is 0 Å². The van der Waals surface area contributed by atoms with Crippen LogP contribution < -0.4 is 5.32 Å². The van der Waals surface area contributed by atoms with Gasteiger partial charge in [0.15, 0.2) is 0 Å². The normalized spacial score (nSPS) is 26.7. The highest BCUT2D eigenvalue weighted by atomic mass is 35.5. The van der Waals surface area contributed by atoms with Crippen LogP contribution >= 0.6 is 24.2 Å². The third kappa shape index (κ3) is 3.88. The molecule has 1 aromatic carbocycles. The van der Waals surface area contributed by atoms with Crippen LogP contribution in [0.15, 0.2) is 35.2 Å². The van der Waals surface area contributed by atoms with Crippen molar-refractivity contribution in [2.75, 3.05) is 38.5 Å². The summed E-state index contributed by atoms with van der Waals surface area (Å²) in [5.74, 6) is 1.22. The Bertz CT molecular complexity index is 379. The number of nitrogens with one attached hydrogen (secondary N) is 1. The van der Waals surface area contributed by atoms with Gasteiger partial charge in [0.25, 0.3) is 0 Å². The summed E-state index contributed by atoms with van der Waals surface area (Å²) in [7, 11) is 0. The van der Waals surface area contributed by atoms with Gasteiger partial charge in [0.2, 0.25) is 0 Å². The molecule has 2 heterocycles. The first-order chi connectivity index (χ1) is 8.86. The Morgan fingerprint density at radius 2 is 2.05 bits per heavy atom. The van der Waals surface area contributed by atoms with Crippen molar-refractivity contribution in [2.45, 2.75) is 17.7 Å². The number of rotatable bonds is 4. The summed E-state index contributed by atoms with van der Waals surface area (Å²) in [5, 5.41) is 3.53. The molecule has 0 radical (unpaired) electrons. The molecular formula is C15H23ClN2S. The van der Waals surface area contributed by atoms with Gasteiger partial charge in [-0.25, -0.2) is 0 Å². The maximum atomic E-state index is 3.53. The molecule has 4 heteroatoms. The monoisotopic (exact) mass is 298 g/mol. The lowest BCUT2D eigenvalue weighted by atomic mass is 9.87. The van der Waals surface area contributed by atoms with Crippen molar-refractivity contribution in [3.05, 3.63) is 30.3 Å². The molecule has 19 heavy (non-hydrogen) atoms. The predicted molar refractivity (Wildman–Crippen MR) is 85.4 cm³/mol. The molecule has 1 aromatic rings. The van der Waals surface area contributed by atoms with Gasteiger partial charge in [-0.15, -0.1) is 24.2 Å². The summed E-state index contributed by atoms with van der Waals surface area (Å²) in [5.41, 5.74) is 0.622. The number of likely N-dealkylation sites (tertiary alicyclic amines) is 1. The molecular weight excluding hydrogens is 276 g/mol. The fraction of sp³-hybridized carbons (Fsp3) is 0.600. The fourth-order valence-corrected chi connectivity index (χ4v) is 4.11. The van der Waals surface area contributed by atoms with Crippen LogP contribution in [0.2, 0.25) is 0 Å². The number of thioether (sulfide) groups is 1. The Morgan fingerprint density at radius 3 is 2.79 bits per heavy atom. The van der Waals surface area contributed by atoms with Crippen LogP contribution in [0, 0.1) is 5.41 Å². The van der Waals surface area contributed by atoms with E-state index < -0.39 is 0 Å². The number of hydrogen-bond donors (Lipinski definition) is 1. The van der Waals surface area contributed by atoms with Crippen molar-refractivity contribution in [3.8, 4) is 0 Å². The third-order valence-electron chi connectivity index (χ3n) is 4.27. The van der Waals surface area contributed by atoms with Crippen LogP contribution in [0.4, 0.5) is 0 Å². The van der Waals surface area contributed by atoms with E-state index in [-0.39, 0.29) is 12.4 Å². The average molecular weight is 299 g/mol. The van der Waals surface area contributed by atoms with Gasteiger partial charge in [0.1, 0.15) is 0 Å². The zero-order valence-electron chi connectivity index (χ0n) is 11.3. The Balaban J connectivity index is 0.00000133. The quantitative estimate of drug-likeness (QED) is 0.861. The molecule has 1 unspecified atom stereocenters. The molecule has 1 N–H and O–H groups in total. The van der Waals surface area contributed by atoms with Crippen LogP contribution in [0.25, 0.3) is 0 Å². The summed E-state index contributed by atoms with van der Waals surface area (Å²) in [6.45, 7) is 6.33. The highest BCUT2D eigenvalue weighted by Crippen LogP contribution is 2.36. The van der Waals surface area contributed by atoms with E-state index in [1.165, 1.54) is 56.2 Å². The van der Waals surface area contributed by atoms with Gasteiger partial charge in [0.05, 0.1) is 0 Å². The van der Waals surface area contributed by atoms with Gasteiger partial charge in [-0.2, -0.15) is 0 Å². The van der Waals surface area contributed by atoms with Crippen molar-refractivity contribution < 1.29 is 0 Å². The minimum absolute atomic E-state index is 0. The van der Waals surface area contributed by atoms with Gasteiger partial charge in [-0.1, -0.05) is 18.2 Å². The molecule has 2 fully saturated rings. The van der Waals surface area contributed by atoms with E-state index >= 15 is 0 Å². The lowest BCUT2D eigenvalue weighted by Gasteiger charge is -2.22. The van der Waals surface area contributed by atoms with Crippen LogP contribution in [-0.4, -0.2) is 43.4 Å². The number of benzene rings is 1. The van der Waals surface area contributed by atoms with Crippen molar-refractivity contribution in [2.24, 2.45) is 5.41 Å².